The minimum absolute atomic E-state index is 0. The normalized spacial score (nSPS) is 20.3. The van der Waals surface area contributed by atoms with Gasteiger partial charge in [-0.3, -0.25) is 4.99 Å². The maximum Gasteiger partial charge on any atom is 0.194 e. The predicted molar refractivity (Wildman–Crippen MR) is 121 cm³/mol. The van der Waals surface area contributed by atoms with Crippen molar-refractivity contribution in [3.63, 3.8) is 0 Å². The van der Waals surface area contributed by atoms with Crippen LogP contribution in [-0.4, -0.2) is 36.2 Å². The lowest BCUT2D eigenvalue weighted by Crippen LogP contribution is -2.48. The summed E-state index contributed by atoms with van der Waals surface area (Å²) in [6.45, 7) is 7.05. The van der Waals surface area contributed by atoms with Crippen LogP contribution in [0, 0.1) is 5.92 Å². The second-order valence-corrected chi connectivity index (χ2v) is 6.96. The van der Waals surface area contributed by atoms with E-state index < -0.39 is 0 Å². The maximum absolute atomic E-state index is 5.37. The standard InChI is InChI=1S/C21H30N4O.HI/c1-4-16-15-25(12-11-20(16)17-9-7-6-8-10-17)21(22-3)23-14-19-13-18(5-2)24-26-19;/h6-10,13,16,20H,4-5,11-12,14-15H2,1-3H3,(H,22,23);1H. The lowest BCUT2D eigenvalue weighted by Gasteiger charge is -2.40. The van der Waals surface area contributed by atoms with Crippen LogP contribution in [-0.2, 0) is 13.0 Å². The van der Waals surface area contributed by atoms with Crippen LogP contribution in [0.25, 0.3) is 0 Å². The number of piperidine rings is 1. The van der Waals surface area contributed by atoms with E-state index >= 15 is 0 Å². The van der Waals surface area contributed by atoms with Gasteiger partial charge in [0.2, 0.25) is 0 Å². The minimum atomic E-state index is 0. The van der Waals surface area contributed by atoms with Crippen LogP contribution in [0.15, 0.2) is 45.9 Å². The summed E-state index contributed by atoms with van der Waals surface area (Å²) in [6, 6.07) is 12.9. The van der Waals surface area contributed by atoms with E-state index in [1.165, 1.54) is 12.0 Å². The first-order chi connectivity index (χ1) is 12.7. The molecule has 1 fully saturated rings. The van der Waals surface area contributed by atoms with Crippen molar-refractivity contribution < 1.29 is 4.52 Å². The summed E-state index contributed by atoms with van der Waals surface area (Å²) in [5, 5.41) is 7.49. The highest BCUT2D eigenvalue weighted by molar-refractivity contribution is 14.0. The van der Waals surface area contributed by atoms with Crippen LogP contribution in [0.1, 0.15) is 49.6 Å². The Hall–Kier alpha value is -1.57. The third-order valence-corrected chi connectivity index (χ3v) is 5.39. The summed E-state index contributed by atoms with van der Waals surface area (Å²) in [7, 11) is 1.85. The molecule has 2 aromatic rings. The smallest absolute Gasteiger partial charge is 0.194 e. The average molecular weight is 482 g/mol. The molecule has 0 spiro atoms. The number of nitrogens with one attached hydrogen (secondary N) is 1. The Bertz CT molecular complexity index is 716. The number of hydrogen-bond acceptors (Lipinski definition) is 3. The first-order valence-corrected chi connectivity index (χ1v) is 9.70. The topological polar surface area (TPSA) is 53.7 Å². The van der Waals surface area contributed by atoms with E-state index in [0.29, 0.717) is 18.4 Å². The molecular weight excluding hydrogens is 451 g/mol. The zero-order valence-corrected chi connectivity index (χ0v) is 18.8. The molecule has 2 heterocycles. The van der Waals surface area contributed by atoms with Crippen LogP contribution in [0.2, 0.25) is 0 Å². The van der Waals surface area contributed by atoms with Crippen molar-refractivity contribution in [2.24, 2.45) is 10.9 Å². The molecule has 1 aliphatic rings. The van der Waals surface area contributed by atoms with Crippen LogP contribution in [0.3, 0.4) is 0 Å². The molecule has 27 heavy (non-hydrogen) atoms. The van der Waals surface area contributed by atoms with Gasteiger partial charge >= 0.3 is 0 Å². The largest absolute Gasteiger partial charge is 0.359 e. The molecule has 1 aromatic heterocycles. The average Bonchev–Trinajstić information content (AvgIpc) is 3.17. The zero-order chi connectivity index (χ0) is 18.4. The van der Waals surface area contributed by atoms with Crippen LogP contribution in [0.5, 0.6) is 0 Å². The molecule has 2 atom stereocenters. The number of aryl methyl sites for hydroxylation is 1. The van der Waals surface area contributed by atoms with Crippen molar-refractivity contribution in [1.82, 2.24) is 15.4 Å². The third-order valence-electron chi connectivity index (χ3n) is 5.39. The van der Waals surface area contributed by atoms with E-state index in [9.17, 15) is 0 Å². The number of nitrogens with zero attached hydrogens (tertiary/aromatic N) is 3. The predicted octanol–water partition coefficient (Wildman–Crippen LogP) is 4.45. The second-order valence-electron chi connectivity index (χ2n) is 6.96. The van der Waals surface area contributed by atoms with E-state index in [0.717, 1.165) is 43.3 Å². The molecule has 0 aliphatic carbocycles. The van der Waals surface area contributed by atoms with Gasteiger partial charge in [0.25, 0.3) is 0 Å². The van der Waals surface area contributed by atoms with Crippen LogP contribution >= 0.6 is 24.0 Å². The van der Waals surface area contributed by atoms with Gasteiger partial charge < -0.3 is 14.7 Å². The first-order valence-electron chi connectivity index (χ1n) is 9.70. The Morgan fingerprint density at radius 2 is 2.07 bits per heavy atom. The molecule has 0 saturated carbocycles. The first kappa shape index (κ1) is 21.7. The number of halogens is 1. The van der Waals surface area contributed by atoms with E-state index in [2.05, 4.69) is 64.5 Å². The molecule has 148 valence electrons. The summed E-state index contributed by atoms with van der Waals surface area (Å²) in [4.78, 5) is 6.87. The highest BCUT2D eigenvalue weighted by Gasteiger charge is 2.30. The van der Waals surface area contributed by atoms with E-state index in [-0.39, 0.29) is 24.0 Å². The highest BCUT2D eigenvalue weighted by atomic mass is 127. The van der Waals surface area contributed by atoms with Crippen molar-refractivity contribution in [2.75, 3.05) is 20.1 Å². The molecule has 5 nitrogen and oxygen atoms in total. The number of aromatic nitrogens is 1. The van der Waals surface area contributed by atoms with Crippen molar-refractivity contribution in [3.8, 4) is 0 Å². The SMILES string of the molecule is CCc1cc(CNC(=NC)N2CCC(c3ccccc3)C(CC)C2)on1.I. The van der Waals surface area contributed by atoms with E-state index in [1.54, 1.807) is 0 Å². The van der Waals surface area contributed by atoms with E-state index in [4.69, 9.17) is 4.52 Å². The van der Waals surface area contributed by atoms with Crippen molar-refractivity contribution >= 4 is 29.9 Å². The van der Waals surface area contributed by atoms with Crippen LogP contribution in [0.4, 0.5) is 0 Å². The van der Waals surface area contributed by atoms with E-state index in [1.807, 2.05) is 13.1 Å². The Kier molecular flexibility index (Phi) is 8.60. The second kappa shape index (κ2) is 10.7. The fraction of sp³-hybridized carbons (Fsp3) is 0.524. The highest BCUT2D eigenvalue weighted by Crippen LogP contribution is 2.34. The number of likely N-dealkylation sites (tertiary alicyclic amines) is 1. The molecule has 6 heteroatoms. The zero-order valence-electron chi connectivity index (χ0n) is 16.5. The lowest BCUT2D eigenvalue weighted by atomic mass is 9.79. The molecule has 0 amide bonds. The van der Waals surface area contributed by atoms with Gasteiger partial charge in [0.15, 0.2) is 11.7 Å². The fourth-order valence-corrected chi connectivity index (χ4v) is 3.88. The lowest BCUT2D eigenvalue weighted by molar-refractivity contribution is 0.215. The van der Waals surface area contributed by atoms with Gasteiger partial charge in [-0.25, -0.2) is 0 Å². The van der Waals surface area contributed by atoms with Crippen molar-refractivity contribution in [1.29, 1.82) is 0 Å². The molecule has 1 aliphatic heterocycles. The summed E-state index contributed by atoms with van der Waals surface area (Å²) >= 11 is 0. The Labute approximate surface area is 179 Å². The fourth-order valence-electron chi connectivity index (χ4n) is 3.88. The number of guanidine groups is 1. The summed E-state index contributed by atoms with van der Waals surface area (Å²) in [6.07, 6.45) is 3.23. The Morgan fingerprint density at radius 3 is 2.70 bits per heavy atom. The van der Waals surface area contributed by atoms with Gasteiger partial charge in [0.1, 0.15) is 0 Å². The molecule has 1 N–H and O–H groups in total. The molecule has 0 bridgehead atoms. The van der Waals surface area contributed by atoms with Gasteiger partial charge in [-0.05, 0) is 30.2 Å². The van der Waals surface area contributed by atoms with Crippen LogP contribution < -0.4 is 5.32 Å². The molecular formula is C21H31IN4O. The number of aliphatic imine (C=N–C) groups is 1. The number of benzene rings is 1. The van der Waals surface area contributed by atoms with Gasteiger partial charge in [0, 0.05) is 26.2 Å². The molecule has 1 saturated heterocycles. The summed E-state index contributed by atoms with van der Waals surface area (Å²) in [5.74, 6) is 3.08. The number of hydrogen-bond donors (Lipinski definition) is 1. The van der Waals surface area contributed by atoms with Gasteiger partial charge in [0.05, 0.1) is 12.2 Å². The number of rotatable bonds is 5. The third kappa shape index (κ3) is 5.46. The summed E-state index contributed by atoms with van der Waals surface area (Å²) in [5.41, 5.74) is 2.46. The van der Waals surface area contributed by atoms with Gasteiger partial charge in [-0.15, -0.1) is 24.0 Å². The molecule has 0 radical (unpaired) electrons. The summed E-state index contributed by atoms with van der Waals surface area (Å²) < 4.78 is 5.37. The van der Waals surface area contributed by atoms with Crippen molar-refractivity contribution in [3.05, 3.63) is 53.4 Å². The molecule has 1 aromatic carbocycles. The van der Waals surface area contributed by atoms with Gasteiger partial charge in [-0.1, -0.05) is 55.8 Å². The van der Waals surface area contributed by atoms with Crippen molar-refractivity contribution in [2.45, 2.75) is 45.6 Å². The maximum atomic E-state index is 5.37. The van der Waals surface area contributed by atoms with Gasteiger partial charge in [-0.2, -0.15) is 0 Å². The minimum Gasteiger partial charge on any atom is -0.359 e. The monoisotopic (exact) mass is 482 g/mol. The quantitative estimate of drug-likeness (QED) is 0.389. The Morgan fingerprint density at radius 1 is 1.30 bits per heavy atom. The Balaban J connectivity index is 0.00000261. The molecule has 3 rings (SSSR count). The molecule has 2 unspecified atom stereocenters.